The van der Waals surface area contributed by atoms with Gasteiger partial charge in [-0.3, -0.25) is 0 Å². The van der Waals surface area contributed by atoms with E-state index in [2.05, 4.69) is 15.6 Å². The summed E-state index contributed by atoms with van der Waals surface area (Å²) >= 11 is 5.32. The van der Waals surface area contributed by atoms with Crippen molar-refractivity contribution in [3.63, 3.8) is 0 Å². The van der Waals surface area contributed by atoms with Gasteiger partial charge in [-0.05, 0) is 30.6 Å². The molecule has 0 aliphatic heterocycles. The van der Waals surface area contributed by atoms with Gasteiger partial charge in [0.15, 0.2) is 5.11 Å². The van der Waals surface area contributed by atoms with Crippen LogP contribution in [0.5, 0.6) is 5.88 Å². The van der Waals surface area contributed by atoms with Crippen LogP contribution in [0.15, 0.2) is 18.3 Å². The highest BCUT2D eigenvalue weighted by atomic mass is 32.1. The van der Waals surface area contributed by atoms with Crippen molar-refractivity contribution < 1.29 is 4.74 Å². The largest absolute Gasteiger partial charge is 0.481 e. The molecule has 1 aromatic heterocycles. The number of hydrogen-bond acceptors (Lipinski definition) is 3. The maximum atomic E-state index is 5.32. The van der Waals surface area contributed by atoms with Gasteiger partial charge >= 0.3 is 0 Å². The molecule has 1 heterocycles. The second kappa shape index (κ2) is 7.28. The smallest absolute Gasteiger partial charge is 0.212 e. The molecule has 0 aromatic carbocycles. The summed E-state index contributed by atoms with van der Waals surface area (Å²) in [7, 11) is 1.61. The lowest BCUT2D eigenvalue weighted by molar-refractivity contribution is 0.397. The summed E-state index contributed by atoms with van der Waals surface area (Å²) < 4.78 is 5.03. The number of thiocarbonyl (C=S) groups is 1. The maximum absolute atomic E-state index is 5.32. The fourth-order valence-corrected chi connectivity index (χ4v) is 2.54. The van der Waals surface area contributed by atoms with Gasteiger partial charge in [0.1, 0.15) is 0 Å². The van der Waals surface area contributed by atoms with Crippen LogP contribution in [0.25, 0.3) is 0 Å². The molecule has 2 rings (SSSR count). The molecule has 104 valence electrons. The lowest BCUT2D eigenvalue weighted by Gasteiger charge is -2.24. The Balaban J connectivity index is 1.72. The van der Waals surface area contributed by atoms with Gasteiger partial charge in [0, 0.05) is 24.8 Å². The van der Waals surface area contributed by atoms with Gasteiger partial charge in [0.25, 0.3) is 0 Å². The molecule has 0 spiro atoms. The van der Waals surface area contributed by atoms with Crippen LogP contribution in [0, 0.1) is 0 Å². The van der Waals surface area contributed by atoms with Crippen LogP contribution in [-0.2, 0) is 6.54 Å². The molecule has 1 aromatic rings. The summed E-state index contributed by atoms with van der Waals surface area (Å²) in [6.45, 7) is 0.690. The third-order valence-electron chi connectivity index (χ3n) is 3.40. The van der Waals surface area contributed by atoms with Crippen molar-refractivity contribution in [3.8, 4) is 5.88 Å². The van der Waals surface area contributed by atoms with Gasteiger partial charge in [0.05, 0.1) is 7.11 Å². The van der Waals surface area contributed by atoms with Crippen LogP contribution in [0.4, 0.5) is 0 Å². The Morgan fingerprint density at radius 3 is 2.79 bits per heavy atom. The molecule has 0 radical (unpaired) electrons. The molecule has 5 heteroatoms. The Labute approximate surface area is 120 Å². The SMILES string of the molecule is COc1ccc(CNC(=S)NC2CCCCC2)cn1. The van der Waals surface area contributed by atoms with Crippen LogP contribution >= 0.6 is 12.2 Å². The molecule has 1 aliphatic carbocycles. The van der Waals surface area contributed by atoms with E-state index in [9.17, 15) is 0 Å². The van der Waals surface area contributed by atoms with Crippen LogP contribution in [-0.4, -0.2) is 23.2 Å². The van der Waals surface area contributed by atoms with Gasteiger partial charge in [-0.2, -0.15) is 0 Å². The van der Waals surface area contributed by atoms with Crippen LogP contribution < -0.4 is 15.4 Å². The third kappa shape index (κ3) is 4.67. The number of ether oxygens (including phenoxy) is 1. The fourth-order valence-electron chi connectivity index (χ4n) is 2.30. The molecule has 1 fully saturated rings. The van der Waals surface area contributed by atoms with E-state index in [-0.39, 0.29) is 0 Å². The van der Waals surface area contributed by atoms with E-state index in [1.165, 1.54) is 32.1 Å². The Bertz CT molecular complexity index is 402. The molecule has 2 N–H and O–H groups in total. The lowest BCUT2D eigenvalue weighted by atomic mass is 9.96. The molecule has 0 atom stereocenters. The van der Waals surface area contributed by atoms with E-state index in [1.807, 2.05) is 12.1 Å². The second-order valence-electron chi connectivity index (χ2n) is 4.87. The van der Waals surface area contributed by atoms with E-state index in [1.54, 1.807) is 13.3 Å². The van der Waals surface area contributed by atoms with E-state index in [0.29, 0.717) is 18.5 Å². The molecule has 0 saturated heterocycles. The van der Waals surface area contributed by atoms with E-state index in [4.69, 9.17) is 17.0 Å². The fraction of sp³-hybridized carbons (Fsp3) is 0.571. The van der Waals surface area contributed by atoms with Crippen LogP contribution in [0.3, 0.4) is 0 Å². The highest BCUT2D eigenvalue weighted by molar-refractivity contribution is 7.80. The quantitative estimate of drug-likeness (QED) is 0.829. The minimum Gasteiger partial charge on any atom is -0.481 e. The lowest BCUT2D eigenvalue weighted by Crippen LogP contribution is -2.42. The number of aromatic nitrogens is 1. The van der Waals surface area contributed by atoms with Crippen molar-refractivity contribution >= 4 is 17.3 Å². The van der Waals surface area contributed by atoms with Crippen LogP contribution in [0.2, 0.25) is 0 Å². The summed E-state index contributed by atoms with van der Waals surface area (Å²) in [6, 6.07) is 4.39. The zero-order valence-corrected chi connectivity index (χ0v) is 12.1. The topological polar surface area (TPSA) is 46.2 Å². The molecular formula is C14H21N3OS. The molecule has 0 unspecified atom stereocenters. The van der Waals surface area contributed by atoms with Crippen molar-refractivity contribution in [1.29, 1.82) is 0 Å². The van der Waals surface area contributed by atoms with E-state index >= 15 is 0 Å². The Kier molecular flexibility index (Phi) is 5.39. The second-order valence-corrected chi connectivity index (χ2v) is 5.28. The summed E-state index contributed by atoms with van der Waals surface area (Å²) in [4.78, 5) is 4.16. The first-order valence-electron chi connectivity index (χ1n) is 6.81. The first-order valence-corrected chi connectivity index (χ1v) is 7.22. The molecule has 1 saturated carbocycles. The number of methoxy groups -OCH3 is 1. The van der Waals surface area contributed by atoms with Gasteiger partial charge in [-0.15, -0.1) is 0 Å². The number of hydrogen-bond donors (Lipinski definition) is 2. The van der Waals surface area contributed by atoms with Gasteiger partial charge in [-0.25, -0.2) is 4.98 Å². The van der Waals surface area contributed by atoms with Gasteiger partial charge in [0.2, 0.25) is 5.88 Å². The molecule has 0 bridgehead atoms. The highest BCUT2D eigenvalue weighted by Crippen LogP contribution is 2.17. The average Bonchev–Trinajstić information content (AvgIpc) is 2.47. The minimum absolute atomic E-state index is 0.544. The maximum Gasteiger partial charge on any atom is 0.212 e. The average molecular weight is 279 g/mol. The highest BCUT2D eigenvalue weighted by Gasteiger charge is 2.13. The summed E-state index contributed by atoms with van der Waals surface area (Å²) in [5.74, 6) is 0.631. The standard InChI is InChI=1S/C14H21N3OS/c1-18-13-8-7-11(9-15-13)10-16-14(19)17-12-5-3-2-4-6-12/h7-9,12H,2-6,10H2,1H3,(H2,16,17,19). The Morgan fingerprint density at radius 2 is 2.16 bits per heavy atom. The number of pyridine rings is 1. The Hall–Kier alpha value is -1.36. The van der Waals surface area contributed by atoms with Crippen LogP contribution in [0.1, 0.15) is 37.7 Å². The van der Waals surface area contributed by atoms with Crippen molar-refractivity contribution in [2.75, 3.05) is 7.11 Å². The zero-order chi connectivity index (χ0) is 13.5. The van der Waals surface area contributed by atoms with Gasteiger partial charge < -0.3 is 15.4 Å². The third-order valence-corrected chi connectivity index (χ3v) is 3.66. The number of rotatable bonds is 4. The van der Waals surface area contributed by atoms with E-state index in [0.717, 1.165) is 10.7 Å². The van der Waals surface area contributed by atoms with Crippen molar-refractivity contribution in [2.45, 2.75) is 44.7 Å². The zero-order valence-electron chi connectivity index (χ0n) is 11.3. The van der Waals surface area contributed by atoms with Gasteiger partial charge in [-0.1, -0.05) is 25.3 Å². The van der Waals surface area contributed by atoms with E-state index < -0.39 is 0 Å². The number of nitrogens with zero attached hydrogens (tertiary/aromatic N) is 1. The molecular weight excluding hydrogens is 258 g/mol. The van der Waals surface area contributed by atoms with Crippen molar-refractivity contribution in [1.82, 2.24) is 15.6 Å². The summed E-state index contributed by atoms with van der Waals surface area (Å²) in [6.07, 6.45) is 8.23. The molecule has 0 amide bonds. The van der Waals surface area contributed by atoms with Crippen molar-refractivity contribution in [2.24, 2.45) is 0 Å². The summed E-state index contributed by atoms with van der Waals surface area (Å²) in [5, 5.41) is 7.35. The molecule has 1 aliphatic rings. The molecule has 19 heavy (non-hydrogen) atoms. The predicted octanol–water partition coefficient (Wildman–Crippen LogP) is 2.39. The number of nitrogens with one attached hydrogen (secondary N) is 2. The normalized spacial score (nSPS) is 15.8. The van der Waals surface area contributed by atoms with Crippen molar-refractivity contribution in [3.05, 3.63) is 23.9 Å². The molecule has 4 nitrogen and oxygen atoms in total. The minimum atomic E-state index is 0.544. The predicted molar refractivity (Wildman–Crippen MR) is 80.2 cm³/mol. The first kappa shape index (κ1) is 14.1. The monoisotopic (exact) mass is 279 g/mol. The summed E-state index contributed by atoms with van der Waals surface area (Å²) in [5.41, 5.74) is 1.09. The Morgan fingerprint density at radius 1 is 1.37 bits per heavy atom. The first-order chi connectivity index (χ1) is 9.28.